The van der Waals surface area contributed by atoms with Crippen molar-refractivity contribution in [2.45, 2.75) is 39.9 Å². The van der Waals surface area contributed by atoms with E-state index in [2.05, 4.69) is 17.1 Å². The predicted octanol–water partition coefficient (Wildman–Crippen LogP) is 4.36. The highest BCUT2D eigenvalue weighted by molar-refractivity contribution is 5.94. The van der Waals surface area contributed by atoms with E-state index < -0.39 is 11.7 Å². The van der Waals surface area contributed by atoms with Crippen LogP contribution in [-0.2, 0) is 11.0 Å². The van der Waals surface area contributed by atoms with Gasteiger partial charge in [0.1, 0.15) is 5.75 Å². The van der Waals surface area contributed by atoms with Crippen molar-refractivity contribution in [1.82, 2.24) is 15.1 Å². The number of hydrogen-bond acceptors (Lipinski definition) is 4. The van der Waals surface area contributed by atoms with Crippen LogP contribution in [0.25, 0.3) is 0 Å². The van der Waals surface area contributed by atoms with Crippen LogP contribution in [0.4, 0.5) is 13.2 Å². The number of carbonyl (C=O) groups is 2. The number of carbonyl (C=O) groups excluding carboxylic acids is 2. The highest BCUT2D eigenvalue weighted by Gasteiger charge is 2.31. The van der Waals surface area contributed by atoms with Crippen molar-refractivity contribution >= 4 is 11.8 Å². The predicted molar refractivity (Wildman–Crippen MR) is 127 cm³/mol. The fraction of sp³-hybridized carbons (Fsp3) is 0.462. The molecular weight excluding hydrogens is 459 g/mol. The number of benzene rings is 2. The first-order valence-electron chi connectivity index (χ1n) is 11.7. The lowest BCUT2D eigenvalue weighted by Crippen LogP contribution is -2.49. The fourth-order valence-electron chi connectivity index (χ4n) is 4.31. The normalized spacial score (nSPS) is 15.6. The molecule has 1 N–H and O–H groups in total. The minimum absolute atomic E-state index is 0.0298. The first kappa shape index (κ1) is 26.5. The summed E-state index contributed by atoms with van der Waals surface area (Å²) in [6.45, 7) is 10.8. The molecule has 1 aliphatic rings. The molecule has 2 aromatic carbocycles. The third kappa shape index (κ3) is 6.33. The van der Waals surface area contributed by atoms with Gasteiger partial charge in [-0.25, -0.2) is 0 Å². The number of nitrogens with zero attached hydrogens (tertiary/aromatic N) is 2. The zero-order chi connectivity index (χ0) is 25.8. The molecule has 1 aliphatic heterocycles. The summed E-state index contributed by atoms with van der Waals surface area (Å²) in [5.41, 5.74) is 2.72. The van der Waals surface area contributed by atoms with Gasteiger partial charge in [0.25, 0.3) is 11.8 Å². The van der Waals surface area contributed by atoms with Gasteiger partial charge in [-0.15, -0.1) is 0 Å². The van der Waals surface area contributed by atoms with Crippen molar-refractivity contribution in [3.63, 3.8) is 0 Å². The average Bonchev–Trinajstić information content (AvgIpc) is 2.84. The zero-order valence-electron chi connectivity index (χ0n) is 20.5. The summed E-state index contributed by atoms with van der Waals surface area (Å²) >= 11 is 0. The van der Waals surface area contributed by atoms with E-state index in [4.69, 9.17) is 4.74 Å². The summed E-state index contributed by atoms with van der Waals surface area (Å²) in [7, 11) is 0. The molecule has 0 spiro atoms. The molecule has 2 aromatic rings. The van der Waals surface area contributed by atoms with Gasteiger partial charge in [0.05, 0.1) is 5.56 Å². The Morgan fingerprint density at radius 3 is 2.20 bits per heavy atom. The smallest absolute Gasteiger partial charge is 0.416 e. The molecule has 0 radical (unpaired) electrons. The van der Waals surface area contributed by atoms with Gasteiger partial charge < -0.3 is 15.0 Å². The molecule has 6 nitrogen and oxygen atoms in total. The lowest BCUT2D eigenvalue weighted by atomic mass is 9.96. The van der Waals surface area contributed by atoms with Crippen molar-refractivity contribution in [2.24, 2.45) is 0 Å². The number of piperazine rings is 1. The van der Waals surface area contributed by atoms with Gasteiger partial charge in [-0.3, -0.25) is 14.5 Å². The first-order valence-corrected chi connectivity index (χ1v) is 11.7. The van der Waals surface area contributed by atoms with E-state index in [1.807, 2.05) is 32.9 Å². The zero-order valence-corrected chi connectivity index (χ0v) is 20.5. The molecule has 1 fully saturated rings. The molecular formula is C26H32F3N3O3. The van der Waals surface area contributed by atoms with Gasteiger partial charge in [-0.2, -0.15) is 13.2 Å². The second kappa shape index (κ2) is 11.1. The summed E-state index contributed by atoms with van der Waals surface area (Å²) in [5, 5.41) is 2.71. The summed E-state index contributed by atoms with van der Waals surface area (Å²) < 4.78 is 44.0. The number of hydrogen-bond donors (Lipinski definition) is 1. The lowest BCUT2D eigenvalue weighted by Gasteiger charge is -2.39. The molecule has 3 rings (SSSR count). The summed E-state index contributed by atoms with van der Waals surface area (Å²) in [6.07, 6.45) is -4.42. The Labute approximate surface area is 204 Å². The molecule has 0 saturated carbocycles. The van der Waals surface area contributed by atoms with Gasteiger partial charge in [-0.05, 0) is 74.7 Å². The first-order chi connectivity index (χ1) is 16.5. The Morgan fingerprint density at radius 2 is 1.63 bits per heavy atom. The third-order valence-corrected chi connectivity index (χ3v) is 6.57. The maximum Gasteiger partial charge on any atom is 0.416 e. The van der Waals surface area contributed by atoms with Crippen molar-refractivity contribution in [2.75, 3.05) is 39.3 Å². The highest BCUT2D eigenvalue weighted by atomic mass is 19.4. The molecule has 0 unspecified atom stereocenters. The standard InChI is InChI=1S/C26H32F3N3O3/c1-5-30-24(33)16-35-23-11-10-22(17(2)18(23)3)19(4)31-12-14-32(15-13-31)25(34)20-6-8-21(9-7-20)26(27,28)29/h6-11,19H,5,12-16H2,1-4H3,(H,30,33)/t19-/m1/s1. The van der Waals surface area contributed by atoms with Crippen LogP contribution < -0.4 is 10.1 Å². The Kier molecular flexibility index (Phi) is 8.43. The molecule has 0 aliphatic carbocycles. The van der Waals surface area contributed by atoms with E-state index in [0.717, 1.165) is 28.8 Å². The number of ether oxygens (including phenoxy) is 1. The largest absolute Gasteiger partial charge is 0.483 e. The van der Waals surface area contributed by atoms with E-state index in [0.29, 0.717) is 38.5 Å². The van der Waals surface area contributed by atoms with Gasteiger partial charge >= 0.3 is 6.18 Å². The molecule has 2 amide bonds. The number of rotatable bonds is 7. The topological polar surface area (TPSA) is 61.9 Å². The van der Waals surface area contributed by atoms with E-state index in [1.54, 1.807) is 4.90 Å². The maximum atomic E-state index is 12.8. The Balaban J connectivity index is 1.60. The van der Waals surface area contributed by atoms with Crippen LogP contribution in [0.15, 0.2) is 36.4 Å². The SMILES string of the molecule is CCNC(=O)COc1ccc([C@@H](C)N2CCN(C(=O)c3ccc(C(F)(F)F)cc3)CC2)c(C)c1C. The third-order valence-electron chi connectivity index (χ3n) is 6.57. The fourth-order valence-corrected chi connectivity index (χ4v) is 4.31. The molecule has 1 atom stereocenters. The van der Waals surface area contributed by atoms with Gasteiger partial charge in [0.2, 0.25) is 0 Å². The second-order valence-electron chi connectivity index (χ2n) is 8.72. The lowest BCUT2D eigenvalue weighted by molar-refractivity contribution is -0.137. The minimum atomic E-state index is -4.42. The van der Waals surface area contributed by atoms with Crippen LogP contribution in [0.1, 0.15) is 52.5 Å². The number of amides is 2. The molecule has 0 aromatic heterocycles. The quantitative estimate of drug-likeness (QED) is 0.626. The summed E-state index contributed by atoms with van der Waals surface area (Å²) in [5.74, 6) is 0.258. The van der Waals surface area contributed by atoms with Crippen molar-refractivity contribution in [3.05, 3.63) is 64.2 Å². The van der Waals surface area contributed by atoms with Gasteiger partial charge in [0.15, 0.2) is 6.61 Å². The summed E-state index contributed by atoms with van der Waals surface area (Å²) in [4.78, 5) is 28.4. The van der Waals surface area contributed by atoms with Crippen LogP contribution in [0.5, 0.6) is 5.75 Å². The van der Waals surface area contributed by atoms with E-state index in [9.17, 15) is 22.8 Å². The van der Waals surface area contributed by atoms with Crippen LogP contribution in [0.3, 0.4) is 0 Å². The van der Waals surface area contributed by atoms with Crippen molar-refractivity contribution < 1.29 is 27.5 Å². The number of alkyl halides is 3. The molecule has 0 bridgehead atoms. The van der Waals surface area contributed by atoms with E-state index in [-0.39, 0.29) is 30.0 Å². The van der Waals surface area contributed by atoms with Crippen LogP contribution in [0, 0.1) is 13.8 Å². The number of halogens is 3. The number of likely N-dealkylation sites (N-methyl/N-ethyl adjacent to an activating group) is 1. The van der Waals surface area contributed by atoms with Crippen molar-refractivity contribution in [3.8, 4) is 5.75 Å². The molecule has 35 heavy (non-hydrogen) atoms. The Morgan fingerprint density at radius 1 is 1.00 bits per heavy atom. The van der Waals surface area contributed by atoms with Crippen LogP contribution in [0.2, 0.25) is 0 Å². The maximum absolute atomic E-state index is 12.8. The molecule has 9 heteroatoms. The van der Waals surface area contributed by atoms with Crippen LogP contribution in [-0.4, -0.2) is 60.9 Å². The Bertz CT molecular complexity index is 1050. The van der Waals surface area contributed by atoms with E-state index in [1.165, 1.54) is 12.1 Å². The van der Waals surface area contributed by atoms with Crippen molar-refractivity contribution in [1.29, 1.82) is 0 Å². The van der Waals surface area contributed by atoms with Gasteiger partial charge in [0, 0.05) is 44.3 Å². The summed E-state index contributed by atoms with van der Waals surface area (Å²) in [6, 6.07) is 8.37. The number of nitrogens with one attached hydrogen (secondary N) is 1. The van der Waals surface area contributed by atoms with E-state index >= 15 is 0 Å². The minimum Gasteiger partial charge on any atom is -0.483 e. The Hall–Kier alpha value is -3.07. The highest BCUT2D eigenvalue weighted by Crippen LogP contribution is 2.32. The van der Waals surface area contributed by atoms with Crippen LogP contribution >= 0.6 is 0 Å². The monoisotopic (exact) mass is 491 g/mol. The average molecular weight is 492 g/mol. The van der Waals surface area contributed by atoms with Gasteiger partial charge in [-0.1, -0.05) is 6.07 Å². The second-order valence-corrected chi connectivity index (χ2v) is 8.72. The molecule has 1 saturated heterocycles. The molecule has 1 heterocycles. The molecule has 190 valence electrons.